The van der Waals surface area contributed by atoms with Crippen LogP contribution in [-0.4, -0.2) is 41.7 Å². The van der Waals surface area contributed by atoms with Gasteiger partial charge >= 0.3 is 0 Å². The van der Waals surface area contributed by atoms with Crippen molar-refractivity contribution in [1.82, 2.24) is 0 Å². The summed E-state index contributed by atoms with van der Waals surface area (Å²) < 4.78 is 4.78. The van der Waals surface area contributed by atoms with Gasteiger partial charge in [0.2, 0.25) is 0 Å². The molecular weight excluding hydrogens is 122 g/mol. The summed E-state index contributed by atoms with van der Waals surface area (Å²) in [6.45, 7) is 0.469. The van der Waals surface area contributed by atoms with Crippen LogP contribution in [0.3, 0.4) is 0 Å². The summed E-state index contributed by atoms with van der Waals surface area (Å²) >= 11 is 0. The third-order valence-corrected chi connectivity index (χ3v) is 1.47. The minimum Gasteiger partial charge on any atom is -0.389 e. The number of hydrogen-bond donors (Lipinski definition) is 3. The Hall–Kier alpha value is -0.160. The molecule has 0 amide bonds. The van der Waals surface area contributed by atoms with Gasteiger partial charge in [0.15, 0.2) is 0 Å². The quantitative estimate of drug-likeness (QED) is 0.359. The average Bonchev–Trinajstić information content (AvgIpc) is 1.83. The fraction of sp³-hybridized carbons (Fsp3) is 1.00. The molecule has 1 aliphatic heterocycles. The second kappa shape index (κ2) is 2.62. The predicted octanol–water partition coefficient (Wildman–Crippen LogP) is -1.93. The highest BCUT2D eigenvalue weighted by atomic mass is 16.5. The Bertz CT molecular complexity index is 88.2. The highest BCUT2D eigenvalue weighted by Gasteiger charge is 2.27. The van der Waals surface area contributed by atoms with Crippen molar-refractivity contribution in [2.45, 2.75) is 18.2 Å². The van der Waals surface area contributed by atoms with Gasteiger partial charge in [-0.05, 0) is 0 Å². The number of rotatable bonds is 0. The van der Waals surface area contributed by atoms with Crippen molar-refractivity contribution in [2.24, 2.45) is 5.73 Å². The van der Waals surface area contributed by atoms with E-state index in [-0.39, 0.29) is 13.2 Å². The topological polar surface area (TPSA) is 75.7 Å². The average molecular weight is 133 g/mol. The van der Waals surface area contributed by atoms with E-state index in [4.69, 9.17) is 20.7 Å². The highest BCUT2D eigenvalue weighted by molar-refractivity contribution is 4.82. The summed E-state index contributed by atoms with van der Waals surface area (Å²) in [6.07, 6.45) is -1.43. The van der Waals surface area contributed by atoms with Crippen LogP contribution >= 0.6 is 0 Å². The third kappa shape index (κ3) is 1.40. The van der Waals surface area contributed by atoms with Crippen LogP contribution in [0.2, 0.25) is 0 Å². The Morgan fingerprint density at radius 2 is 1.67 bits per heavy atom. The lowest BCUT2D eigenvalue weighted by Crippen LogP contribution is -2.52. The van der Waals surface area contributed by atoms with Crippen molar-refractivity contribution in [3.8, 4) is 0 Å². The molecule has 0 saturated carbocycles. The molecule has 1 fully saturated rings. The van der Waals surface area contributed by atoms with Crippen LogP contribution in [0.1, 0.15) is 0 Å². The Balaban J connectivity index is 2.41. The maximum atomic E-state index is 8.94. The lowest BCUT2D eigenvalue weighted by atomic mass is 10.1. The molecule has 0 aromatic rings. The van der Waals surface area contributed by atoms with Gasteiger partial charge in [0.05, 0.1) is 31.5 Å². The van der Waals surface area contributed by atoms with Gasteiger partial charge in [0.1, 0.15) is 0 Å². The van der Waals surface area contributed by atoms with Crippen LogP contribution in [0.5, 0.6) is 0 Å². The van der Waals surface area contributed by atoms with Gasteiger partial charge in [0, 0.05) is 0 Å². The summed E-state index contributed by atoms with van der Waals surface area (Å²) in [5, 5.41) is 17.9. The third-order valence-electron chi connectivity index (χ3n) is 1.47. The monoisotopic (exact) mass is 133 g/mol. The minimum absolute atomic E-state index is 0.234. The van der Waals surface area contributed by atoms with Gasteiger partial charge in [0.25, 0.3) is 0 Å². The Kier molecular flexibility index (Phi) is 2.02. The molecule has 0 aromatic heterocycles. The van der Waals surface area contributed by atoms with Crippen molar-refractivity contribution in [3.63, 3.8) is 0 Å². The van der Waals surface area contributed by atoms with Gasteiger partial charge in [-0.25, -0.2) is 0 Å². The van der Waals surface area contributed by atoms with E-state index < -0.39 is 18.2 Å². The van der Waals surface area contributed by atoms with Crippen LogP contribution in [0.15, 0.2) is 0 Å². The van der Waals surface area contributed by atoms with Gasteiger partial charge in [-0.15, -0.1) is 0 Å². The highest BCUT2D eigenvalue weighted by Crippen LogP contribution is 2.04. The molecule has 2 unspecified atom stereocenters. The van der Waals surface area contributed by atoms with E-state index in [0.717, 1.165) is 0 Å². The molecule has 9 heavy (non-hydrogen) atoms. The molecule has 4 heteroatoms. The molecule has 0 aromatic carbocycles. The van der Waals surface area contributed by atoms with E-state index in [1.807, 2.05) is 0 Å². The normalized spacial score (nSPS) is 45.0. The van der Waals surface area contributed by atoms with Gasteiger partial charge in [-0.2, -0.15) is 0 Å². The second-order valence-electron chi connectivity index (χ2n) is 2.25. The molecule has 1 aliphatic rings. The van der Waals surface area contributed by atoms with Crippen LogP contribution in [0.4, 0.5) is 0 Å². The van der Waals surface area contributed by atoms with Crippen molar-refractivity contribution in [2.75, 3.05) is 13.2 Å². The molecule has 4 nitrogen and oxygen atoms in total. The van der Waals surface area contributed by atoms with E-state index in [2.05, 4.69) is 0 Å². The van der Waals surface area contributed by atoms with Crippen LogP contribution < -0.4 is 5.73 Å². The summed E-state index contributed by atoms with van der Waals surface area (Å²) in [7, 11) is 0. The fourth-order valence-electron chi connectivity index (χ4n) is 0.788. The molecule has 4 N–H and O–H groups in total. The molecule has 0 bridgehead atoms. The van der Waals surface area contributed by atoms with Crippen molar-refractivity contribution < 1.29 is 14.9 Å². The lowest BCUT2D eigenvalue weighted by Gasteiger charge is -2.28. The number of nitrogens with two attached hydrogens (primary N) is 1. The molecule has 1 rings (SSSR count). The molecule has 54 valence electrons. The zero-order valence-corrected chi connectivity index (χ0v) is 5.03. The van der Waals surface area contributed by atoms with Gasteiger partial charge in [-0.3, -0.25) is 0 Å². The fourth-order valence-corrected chi connectivity index (χ4v) is 0.788. The standard InChI is InChI=1S/C5H11NO3/c6-5-3(7)1-9-2-4(5)8/h3-5,7-8H,1-2,6H2. The van der Waals surface area contributed by atoms with E-state index in [1.54, 1.807) is 0 Å². The molecular formula is C5H11NO3. The summed E-state index contributed by atoms with van der Waals surface area (Å²) in [5.41, 5.74) is 5.34. The van der Waals surface area contributed by atoms with Crippen molar-refractivity contribution in [3.05, 3.63) is 0 Å². The second-order valence-corrected chi connectivity index (χ2v) is 2.25. The summed E-state index contributed by atoms with van der Waals surface area (Å²) in [6, 6.07) is -0.543. The molecule has 2 atom stereocenters. The van der Waals surface area contributed by atoms with E-state index >= 15 is 0 Å². The zero-order valence-electron chi connectivity index (χ0n) is 5.03. The first-order chi connectivity index (χ1) is 4.22. The Morgan fingerprint density at radius 1 is 1.22 bits per heavy atom. The summed E-state index contributed by atoms with van der Waals surface area (Å²) in [5.74, 6) is 0. The molecule has 1 heterocycles. The molecule has 0 radical (unpaired) electrons. The minimum atomic E-state index is -0.714. The molecule has 0 spiro atoms. The maximum Gasteiger partial charge on any atom is 0.0950 e. The first-order valence-corrected chi connectivity index (χ1v) is 2.91. The van der Waals surface area contributed by atoms with E-state index in [9.17, 15) is 0 Å². The van der Waals surface area contributed by atoms with Crippen molar-refractivity contribution >= 4 is 0 Å². The van der Waals surface area contributed by atoms with Crippen LogP contribution in [0, 0.1) is 0 Å². The van der Waals surface area contributed by atoms with Crippen LogP contribution in [-0.2, 0) is 4.74 Å². The molecule has 0 aliphatic carbocycles. The number of hydrogen-bond acceptors (Lipinski definition) is 4. The first kappa shape index (κ1) is 6.95. The zero-order chi connectivity index (χ0) is 6.85. The van der Waals surface area contributed by atoms with Gasteiger partial charge in [-0.1, -0.05) is 0 Å². The smallest absolute Gasteiger partial charge is 0.0950 e. The predicted molar refractivity (Wildman–Crippen MR) is 30.8 cm³/mol. The largest absolute Gasteiger partial charge is 0.389 e. The SMILES string of the molecule is NC1C(O)COCC1O. The van der Waals surface area contributed by atoms with Crippen LogP contribution in [0.25, 0.3) is 0 Å². The lowest BCUT2D eigenvalue weighted by molar-refractivity contribution is -0.0856. The number of ether oxygens (including phenoxy) is 1. The van der Waals surface area contributed by atoms with E-state index in [0.29, 0.717) is 0 Å². The molecule has 1 saturated heterocycles. The summed E-state index contributed by atoms with van der Waals surface area (Å²) in [4.78, 5) is 0. The maximum absolute atomic E-state index is 8.94. The number of aliphatic hydroxyl groups is 2. The van der Waals surface area contributed by atoms with E-state index in [1.165, 1.54) is 0 Å². The number of aliphatic hydroxyl groups excluding tert-OH is 2. The van der Waals surface area contributed by atoms with Crippen molar-refractivity contribution in [1.29, 1.82) is 0 Å². The Morgan fingerprint density at radius 3 is 2.00 bits per heavy atom. The first-order valence-electron chi connectivity index (χ1n) is 2.91. The van der Waals surface area contributed by atoms with Gasteiger partial charge < -0.3 is 20.7 Å². The Labute approximate surface area is 53.2 Å².